The fourth-order valence-corrected chi connectivity index (χ4v) is 0.739. The predicted octanol–water partition coefficient (Wildman–Crippen LogP) is 0.343. The van der Waals surface area contributed by atoms with Crippen LogP contribution in [0.5, 0.6) is 0 Å². The Bertz CT molecular complexity index is 163. The van der Waals surface area contributed by atoms with Crippen LogP contribution in [0.1, 0.15) is 13.8 Å². The molecule has 0 bridgehead atoms. The first-order valence-electron chi connectivity index (χ1n) is 3.88. The van der Waals surface area contributed by atoms with Crippen LogP contribution in [0, 0.1) is 17.2 Å². The van der Waals surface area contributed by atoms with Crippen LogP contribution < -0.4 is 0 Å². The van der Waals surface area contributed by atoms with E-state index in [1.165, 1.54) is 0 Å². The Hall–Kier alpha value is 0.716. The van der Waals surface area contributed by atoms with E-state index in [1.807, 2.05) is 0 Å². The summed E-state index contributed by atoms with van der Waals surface area (Å²) in [5, 5.41) is 8.51. The van der Waals surface area contributed by atoms with Crippen molar-refractivity contribution in [2.45, 2.75) is 20.1 Å². The summed E-state index contributed by atoms with van der Waals surface area (Å²) in [5.41, 5.74) is 0. The van der Waals surface area contributed by atoms with Gasteiger partial charge >= 0.3 is 0 Å². The summed E-state index contributed by atoms with van der Waals surface area (Å²) in [6, 6.07) is 1.80. The zero-order valence-electron chi connectivity index (χ0n) is 8.32. The van der Waals surface area contributed by atoms with Crippen molar-refractivity contribution in [2.24, 2.45) is 5.92 Å². The number of ether oxygens (including phenoxy) is 2. The van der Waals surface area contributed by atoms with Crippen molar-refractivity contribution >= 4 is 57.7 Å². The molecule has 0 amide bonds. The monoisotopic (exact) mass is 210 g/mol. The number of carbonyl (C=O) groups excluding carboxylic acids is 1. The largest absolute Gasteiger partial charge is 0.351 e. The summed E-state index contributed by atoms with van der Waals surface area (Å²) in [4.78, 5) is 10.3. The molecule has 0 saturated carbocycles. The molecule has 0 aliphatic rings. The number of hydrogen-bond acceptors (Lipinski definition) is 4. The van der Waals surface area contributed by atoms with Crippen LogP contribution in [0.15, 0.2) is 0 Å². The standard InChI is InChI=1S/C8H13NO3.K/c1-3-11-8(12-4-2)7(5-9)6-10;/h6-8H,3-4H2,1-2H3;. The van der Waals surface area contributed by atoms with Crippen LogP contribution in [-0.4, -0.2) is 77.2 Å². The summed E-state index contributed by atoms with van der Waals surface area (Å²) in [6.45, 7) is 4.42. The number of aldehydes is 1. The normalized spacial score (nSPS) is 11.5. The molecule has 0 fully saturated rings. The van der Waals surface area contributed by atoms with Gasteiger partial charge in [-0.2, -0.15) is 5.26 Å². The van der Waals surface area contributed by atoms with Crippen LogP contribution in [0.25, 0.3) is 0 Å². The van der Waals surface area contributed by atoms with Crippen LogP contribution in [0.4, 0.5) is 0 Å². The van der Waals surface area contributed by atoms with Crippen molar-refractivity contribution in [3.8, 4) is 6.07 Å². The smallest absolute Gasteiger partial charge is 0.179 e. The second kappa shape index (κ2) is 10.8. The van der Waals surface area contributed by atoms with Gasteiger partial charge in [-0.1, -0.05) is 0 Å². The Morgan fingerprint density at radius 1 is 1.38 bits per heavy atom. The Labute approximate surface area is 121 Å². The van der Waals surface area contributed by atoms with Gasteiger partial charge in [0.1, 0.15) is 6.29 Å². The zero-order chi connectivity index (χ0) is 9.40. The molecule has 1 radical (unpaired) electrons. The molecule has 0 heterocycles. The van der Waals surface area contributed by atoms with Gasteiger partial charge in [-0.05, 0) is 13.8 Å². The molecule has 0 spiro atoms. The molecule has 0 aromatic rings. The van der Waals surface area contributed by atoms with Crippen LogP contribution in [0.3, 0.4) is 0 Å². The van der Waals surface area contributed by atoms with Crippen LogP contribution in [-0.2, 0) is 14.3 Å². The van der Waals surface area contributed by atoms with E-state index in [2.05, 4.69) is 0 Å². The summed E-state index contributed by atoms with van der Waals surface area (Å²) in [5.74, 6) is -0.829. The van der Waals surface area contributed by atoms with Crippen molar-refractivity contribution in [1.29, 1.82) is 5.26 Å². The van der Waals surface area contributed by atoms with E-state index in [4.69, 9.17) is 14.7 Å². The van der Waals surface area contributed by atoms with Gasteiger partial charge in [-0.15, -0.1) is 0 Å². The number of nitriles is 1. The topological polar surface area (TPSA) is 59.3 Å². The van der Waals surface area contributed by atoms with Crippen molar-refractivity contribution in [3.05, 3.63) is 0 Å². The van der Waals surface area contributed by atoms with E-state index < -0.39 is 12.2 Å². The summed E-state index contributed by atoms with van der Waals surface area (Å²) in [7, 11) is 0. The molecule has 0 N–H and O–H groups in total. The maximum Gasteiger partial charge on any atom is 0.179 e. The van der Waals surface area contributed by atoms with Gasteiger partial charge in [0, 0.05) is 64.6 Å². The molecule has 0 aromatic carbocycles. The van der Waals surface area contributed by atoms with E-state index in [-0.39, 0.29) is 51.4 Å². The van der Waals surface area contributed by atoms with Crippen molar-refractivity contribution in [3.63, 3.8) is 0 Å². The average Bonchev–Trinajstić information content (AvgIpc) is 2.07. The van der Waals surface area contributed by atoms with Gasteiger partial charge in [-0.3, -0.25) is 0 Å². The average molecular weight is 210 g/mol. The minimum atomic E-state index is -0.829. The van der Waals surface area contributed by atoms with Crippen molar-refractivity contribution < 1.29 is 14.3 Å². The third kappa shape index (κ3) is 6.74. The zero-order valence-corrected chi connectivity index (χ0v) is 11.4. The molecule has 0 saturated heterocycles. The molecule has 5 heteroatoms. The Morgan fingerprint density at radius 2 is 1.85 bits per heavy atom. The third-order valence-corrected chi connectivity index (χ3v) is 1.25. The Balaban J connectivity index is 0. The Kier molecular flexibility index (Phi) is 13.4. The molecule has 1 unspecified atom stereocenters. The number of carbonyl (C=O) groups is 1. The third-order valence-electron chi connectivity index (χ3n) is 1.25. The Morgan fingerprint density at radius 3 is 2.08 bits per heavy atom. The minimum Gasteiger partial charge on any atom is -0.351 e. The predicted molar refractivity (Wildman–Crippen MR) is 48.0 cm³/mol. The molecule has 0 aliphatic carbocycles. The molecule has 69 valence electrons. The molecule has 0 aromatic heterocycles. The first-order valence-corrected chi connectivity index (χ1v) is 3.88. The first kappa shape index (κ1) is 16.2. The van der Waals surface area contributed by atoms with Gasteiger partial charge in [-0.25, -0.2) is 0 Å². The first-order chi connectivity index (χ1) is 5.79. The fourth-order valence-electron chi connectivity index (χ4n) is 0.739. The minimum absolute atomic E-state index is 0. The molecule has 0 rings (SSSR count). The van der Waals surface area contributed by atoms with E-state index >= 15 is 0 Å². The second-order valence-electron chi connectivity index (χ2n) is 2.07. The number of hydrogen-bond donors (Lipinski definition) is 0. The maximum absolute atomic E-state index is 10.3. The number of nitrogens with zero attached hydrogens (tertiary/aromatic N) is 1. The van der Waals surface area contributed by atoms with Gasteiger partial charge in [0.25, 0.3) is 0 Å². The fraction of sp³-hybridized carbons (Fsp3) is 0.750. The maximum atomic E-state index is 10.3. The van der Waals surface area contributed by atoms with E-state index in [0.29, 0.717) is 19.5 Å². The molecular formula is C8H13KNO3. The molecule has 13 heavy (non-hydrogen) atoms. The second-order valence-corrected chi connectivity index (χ2v) is 2.07. The molecule has 0 aliphatic heterocycles. The SMILES string of the molecule is CCOC(OCC)C(C#N)C=O.[K]. The van der Waals surface area contributed by atoms with Gasteiger partial charge in [0.2, 0.25) is 0 Å². The summed E-state index contributed by atoms with van der Waals surface area (Å²) < 4.78 is 10.1. The van der Waals surface area contributed by atoms with E-state index in [0.717, 1.165) is 0 Å². The van der Waals surface area contributed by atoms with E-state index in [9.17, 15) is 4.79 Å². The van der Waals surface area contributed by atoms with Crippen molar-refractivity contribution in [1.82, 2.24) is 0 Å². The van der Waals surface area contributed by atoms with Crippen LogP contribution >= 0.6 is 0 Å². The molecular weight excluding hydrogens is 197 g/mol. The van der Waals surface area contributed by atoms with Crippen molar-refractivity contribution in [2.75, 3.05) is 13.2 Å². The summed E-state index contributed by atoms with van der Waals surface area (Å²) in [6.07, 6.45) is -0.182. The number of rotatable bonds is 6. The van der Waals surface area contributed by atoms with Crippen LogP contribution in [0.2, 0.25) is 0 Å². The van der Waals surface area contributed by atoms with Gasteiger partial charge in [0.15, 0.2) is 12.2 Å². The molecule has 4 nitrogen and oxygen atoms in total. The summed E-state index contributed by atoms with van der Waals surface area (Å²) >= 11 is 0. The van der Waals surface area contributed by atoms with E-state index in [1.54, 1.807) is 19.9 Å². The van der Waals surface area contributed by atoms with Gasteiger partial charge in [0.05, 0.1) is 6.07 Å². The molecule has 1 atom stereocenters. The van der Waals surface area contributed by atoms with Gasteiger partial charge < -0.3 is 14.3 Å². The quantitative estimate of drug-likeness (QED) is 0.360.